The normalized spacial score (nSPS) is 12.4. The summed E-state index contributed by atoms with van der Waals surface area (Å²) in [6.07, 6.45) is 6.60. The smallest absolute Gasteiger partial charge is 0.128 e. The molecule has 2 aromatic heterocycles. The van der Waals surface area contributed by atoms with Gasteiger partial charge in [0.15, 0.2) is 0 Å². The third-order valence-electron chi connectivity index (χ3n) is 3.62. The monoisotopic (exact) mass is 274 g/mol. The van der Waals surface area contributed by atoms with Crippen molar-refractivity contribution in [3.05, 3.63) is 41.0 Å². The van der Waals surface area contributed by atoms with Crippen LogP contribution in [0, 0.1) is 13.8 Å². The summed E-state index contributed by atoms with van der Waals surface area (Å²) < 4.78 is 7.28. The van der Waals surface area contributed by atoms with Gasteiger partial charge < -0.3 is 10.1 Å². The molecule has 20 heavy (non-hydrogen) atoms. The first-order valence-electron chi connectivity index (χ1n) is 6.71. The van der Waals surface area contributed by atoms with E-state index in [0.717, 1.165) is 34.6 Å². The highest BCUT2D eigenvalue weighted by atomic mass is 16.5. The Balaban J connectivity index is 2.28. The zero-order valence-electron chi connectivity index (χ0n) is 12.8. The Kier molecular flexibility index (Phi) is 4.39. The minimum absolute atomic E-state index is 0.197. The van der Waals surface area contributed by atoms with Crippen LogP contribution >= 0.6 is 0 Å². The molecule has 0 bridgehead atoms. The molecule has 1 unspecified atom stereocenters. The number of ether oxygens (including phenoxy) is 1. The predicted octanol–water partition coefficient (Wildman–Crippen LogP) is 1.94. The molecular weight excluding hydrogens is 252 g/mol. The van der Waals surface area contributed by atoms with Gasteiger partial charge in [0, 0.05) is 54.3 Å². The maximum absolute atomic E-state index is 5.46. The Morgan fingerprint density at radius 1 is 1.35 bits per heavy atom. The van der Waals surface area contributed by atoms with Crippen molar-refractivity contribution < 1.29 is 4.74 Å². The molecule has 2 heterocycles. The molecule has 0 aliphatic rings. The number of hydrogen-bond acceptors (Lipinski definition) is 4. The Morgan fingerprint density at radius 2 is 2.10 bits per heavy atom. The fourth-order valence-corrected chi connectivity index (χ4v) is 2.48. The van der Waals surface area contributed by atoms with E-state index in [1.165, 1.54) is 0 Å². The van der Waals surface area contributed by atoms with E-state index in [9.17, 15) is 0 Å². The van der Waals surface area contributed by atoms with Crippen molar-refractivity contribution in [1.29, 1.82) is 0 Å². The number of nitrogens with zero attached hydrogens (tertiary/aromatic N) is 3. The molecular formula is C15H22N4O. The van der Waals surface area contributed by atoms with Crippen molar-refractivity contribution in [3.8, 4) is 5.75 Å². The SMILES string of the molecule is CNC(Cc1ncc(C)c(OC)c1C)c1cnn(C)c1. The van der Waals surface area contributed by atoms with Crippen LogP contribution in [0.1, 0.15) is 28.4 Å². The minimum Gasteiger partial charge on any atom is -0.496 e. The number of likely N-dealkylation sites (N-methyl/N-ethyl adjacent to an activating group) is 1. The third kappa shape index (κ3) is 2.82. The van der Waals surface area contributed by atoms with Crippen molar-refractivity contribution in [3.63, 3.8) is 0 Å². The zero-order chi connectivity index (χ0) is 14.7. The van der Waals surface area contributed by atoms with Gasteiger partial charge in [-0.1, -0.05) is 0 Å². The number of nitrogens with one attached hydrogen (secondary N) is 1. The fourth-order valence-electron chi connectivity index (χ4n) is 2.48. The lowest BCUT2D eigenvalue weighted by molar-refractivity contribution is 0.406. The number of hydrogen-bond donors (Lipinski definition) is 1. The molecule has 0 saturated heterocycles. The predicted molar refractivity (Wildman–Crippen MR) is 79.0 cm³/mol. The number of methoxy groups -OCH3 is 1. The second kappa shape index (κ2) is 6.05. The van der Waals surface area contributed by atoms with Crippen LogP contribution in [-0.4, -0.2) is 28.9 Å². The maximum atomic E-state index is 5.46. The Hall–Kier alpha value is -1.88. The first-order valence-corrected chi connectivity index (χ1v) is 6.71. The lowest BCUT2D eigenvalue weighted by atomic mass is 10.0. The van der Waals surface area contributed by atoms with E-state index < -0.39 is 0 Å². The van der Waals surface area contributed by atoms with Gasteiger partial charge in [0.1, 0.15) is 5.75 Å². The number of aromatic nitrogens is 3. The molecule has 2 aromatic rings. The van der Waals surface area contributed by atoms with Gasteiger partial charge in [-0.15, -0.1) is 0 Å². The summed E-state index contributed by atoms with van der Waals surface area (Å²) in [6, 6.07) is 0.197. The number of pyridine rings is 1. The molecule has 5 heteroatoms. The summed E-state index contributed by atoms with van der Waals surface area (Å²) in [4.78, 5) is 4.56. The fraction of sp³-hybridized carbons (Fsp3) is 0.467. The van der Waals surface area contributed by atoms with Gasteiger partial charge in [0.25, 0.3) is 0 Å². The molecule has 1 N–H and O–H groups in total. The molecule has 1 atom stereocenters. The van der Waals surface area contributed by atoms with Gasteiger partial charge in [-0.3, -0.25) is 9.67 Å². The second-order valence-corrected chi connectivity index (χ2v) is 5.04. The molecule has 0 spiro atoms. The van der Waals surface area contributed by atoms with Gasteiger partial charge in [-0.2, -0.15) is 5.10 Å². The topological polar surface area (TPSA) is 52.0 Å². The number of rotatable bonds is 5. The lowest BCUT2D eigenvalue weighted by Crippen LogP contribution is -2.19. The summed E-state index contributed by atoms with van der Waals surface area (Å²) in [6.45, 7) is 4.07. The minimum atomic E-state index is 0.197. The Morgan fingerprint density at radius 3 is 2.65 bits per heavy atom. The van der Waals surface area contributed by atoms with Gasteiger partial charge >= 0.3 is 0 Å². The Labute approximate surface area is 120 Å². The molecule has 108 valence electrons. The van der Waals surface area contributed by atoms with E-state index in [0.29, 0.717) is 0 Å². The highest BCUT2D eigenvalue weighted by Crippen LogP contribution is 2.27. The molecule has 0 amide bonds. The van der Waals surface area contributed by atoms with Gasteiger partial charge in [0.05, 0.1) is 13.3 Å². The van der Waals surface area contributed by atoms with E-state index in [-0.39, 0.29) is 6.04 Å². The molecule has 0 aliphatic heterocycles. The largest absolute Gasteiger partial charge is 0.496 e. The van der Waals surface area contributed by atoms with Crippen molar-refractivity contribution in [1.82, 2.24) is 20.1 Å². The van der Waals surface area contributed by atoms with E-state index in [1.54, 1.807) is 7.11 Å². The molecule has 0 saturated carbocycles. The van der Waals surface area contributed by atoms with Crippen LogP contribution in [0.4, 0.5) is 0 Å². The van der Waals surface area contributed by atoms with Gasteiger partial charge in [0.2, 0.25) is 0 Å². The summed E-state index contributed by atoms with van der Waals surface area (Å²) in [5.41, 5.74) is 4.39. The molecule has 0 aromatic carbocycles. The van der Waals surface area contributed by atoms with E-state index in [4.69, 9.17) is 4.74 Å². The van der Waals surface area contributed by atoms with E-state index in [2.05, 4.69) is 22.3 Å². The van der Waals surface area contributed by atoms with E-state index >= 15 is 0 Å². The van der Waals surface area contributed by atoms with Crippen LogP contribution in [0.2, 0.25) is 0 Å². The Bertz CT molecular complexity index is 592. The van der Waals surface area contributed by atoms with Crippen LogP contribution in [0.3, 0.4) is 0 Å². The summed E-state index contributed by atoms with van der Waals surface area (Å²) in [5, 5.41) is 7.55. The molecule has 0 radical (unpaired) electrons. The standard InChI is InChI=1S/C15H22N4O/c1-10-7-17-13(11(2)15(10)20-5)6-14(16-3)12-8-18-19(4)9-12/h7-9,14,16H,6H2,1-5H3. The summed E-state index contributed by atoms with van der Waals surface area (Å²) >= 11 is 0. The lowest BCUT2D eigenvalue weighted by Gasteiger charge is -2.17. The van der Waals surface area contributed by atoms with Crippen molar-refractivity contribution in [2.45, 2.75) is 26.3 Å². The maximum Gasteiger partial charge on any atom is 0.128 e. The van der Waals surface area contributed by atoms with E-state index in [1.807, 2.05) is 44.3 Å². The van der Waals surface area contributed by atoms with Gasteiger partial charge in [-0.25, -0.2) is 0 Å². The zero-order valence-corrected chi connectivity index (χ0v) is 12.8. The van der Waals surface area contributed by atoms with Crippen molar-refractivity contribution in [2.24, 2.45) is 7.05 Å². The summed E-state index contributed by atoms with van der Waals surface area (Å²) in [5.74, 6) is 0.927. The highest BCUT2D eigenvalue weighted by molar-refractivity contribution is 5.41. The third-order valence-corrected chi connectivity index (χ3v) is 3.62. The highest BCUT2D eigenvalue weighted by Gasteiger charge is 2.16. The van der Waals surface area contributed by atoms with Crippen LogP contribution in [0.15, 0.2) is 18.6 Å². The first kappa shape index (κ1) is 14.5. The van der Waals surface area contributed by atoms with Crippen molar-refractivity contribution >= 4 is 0 Å². The number of aryl methyl sites for hydroxylation is 2. The van der Waals surface area contributed by atoms with Crippen molar-refractivity contribution in [2.75, 3.05) is 14.2 Å². The molecule has 0 fully saturated rings. The van der Waals surface area contributed by atoms with Crippen LogP contribution < -0.4 is 10.1 Å². The van der Waals surface area contributed by atoms with Gasteiger partial charge in [-0.05, 0) is 20.9 Å². The average Bonchev–Trinajstić information content (AvgIpc) is 2.85. The second-order valence-electron chi connectivity index (χ2n) is 5.04. The average molecular weight is 274 g/mol. The molecule has 2 rings (SSSR count). The molecule has 5 nitrogen and oxygen atoms in total. The van der Waals surface area contributed by atoms with Crippen LogP contribution in [0.5, 0.6) is 5.75 Å². The van der Waals surface area contributed by atoms with Crippen LogP contribution in [0.25, 0.3) is 0 Å². The first-order chi connectivity index (χ1) is 9.56. The molecule has 0 aliphatic carbocycles. The quantitative estimate of drug-likeness (QED) is 0.905. The summed E-state index contributed by atoms with van der Waals surface area (Å²) in [7, 11) is 5.59. The van der Waals surface area contributed by atoms with Crippen LogP contribution in [-0.2, 0) is 13.5 Å².